The first kappa shape index (κ1) is 8.57. The highest BCUT2D eigenvalue weighted by Gasteiger charge is 2.47. The number of amides is 1. The number of carbonyl (C=O) groups is 1. The predicted molar refractivity (Wildman–Crippen MR) is 51.9 cm³/mol. The quantitative estimate of drug-likeness (QED) is 0.591. The van der Waals surface area contributed by atoms with E-state index in [1.807, 2.05) is 11.8 Å². The first-order chi connectivity index (χ1) is 6.75. The Hall–Kier alpha value is -0.730. The van der Waals surface area contributed by atoms with Crippen LogP contribution < -0.4 is 0 Å². The van der Waals surface area contributed by atoms with Crippen LogP contribution in [0.4, 0.5) is 4.79 Å². The molecule has 4 rings (SSSR count). The number of nitrogens with zero attached hydrogens (tertiary/aromatic N) is 1. The van der Waals surface area contributed by atoms with Gasteiger partial charge in [0.05, 0.1) is 6.04 Å². The summed E-state index contributed by atoms with van der Waals surface area (Å²) in [5, 5.41) is 0. The molecule has 3 heterocycles. The smallest absolute Gasteiger partial charge is 0.410 e. The minimum atomic E-state index is -0.0682. The highest BCUT2D eigenvalue weighted by atomic mass is 16.6. The van der Waals surface area contributed by atoms with Gasteiger partial charge in [-0.25, -0.2) is 4.79 Å². The van der Waals surface area contributed by atoms with Gasteiger partial charge >= 0.3 is 6.09 Å². The van der Waals surface area contributed by atoms with Crippen molar-refractivity contribution in [1.82, 2.24) is 4.90 Å². The first-order valence-corrected chi connectivity index (χ1v) is 5.73. The molecule has 1 amide bonds. The summed E-state index contributed by atoms with van der Waals surface area (Å²) < 4.78 is 5.30. The number of hydrogen-bond donors (Lipinski definition) is 0. The van der Waals surface area contributed by atoms with Gasteiger partial charge in [-0.2, -0.15) is 0 Å². The fourth-order valence-electron chi connectivity index (χ4n) is 3.50. The van der Waals surface area contributed by atoms with E-state index in [9.17, 15) is 4.79 Å². The summed E-state index contributed by atoms with van der Waals surface area (Å²) in [5.74, 6) is 1.45. The second-order valence-electron chi connectivity index (χ2n) is 5.01. The van der Waals surface area contributed by atoms with Gasteiger partial charge in [-0.1, -0.05) is 0 Å². The summed E-state index contributed by atoms with van der Waals surface area (Å²) in [7, 11) is 0. The van der Waals surface area contributed by atoms with Gasteiger partial charge in [0, 0.05) is 6.54 Å². The highest BCUT2D eigenvalue weighted by molar-refractivity contribution is 5.70. The van der Waals surface area contributed by atoms with Crippen molar-refractivity contribution < 1.29 is 9.53 Å². The van der Waals surface area contributed by atoms with Crippen LogP contribution in [0.2, 0.25) is 0 Å². The summed E-state index contributed by atoms with van der Waals surface area (Å²) in [6.07, 6.45) is 5.28. The Kier molecular flexibility index (Phi) is 1.76. The van der Waals surface area contributed by atoms with E-state index < -0.39 is 0 Å². The molecule has 0 N–H and O–H groups in total. The number of ether oxygens (including phenoxy) is 1. The van der Waals surface area contributed by atoms with Crippen LogP contribution in [0.1, 0.15) is 32.6 Å². The molecule has 2 bridgehead atoms. The standard InChI is InChI=1S/C11H17NO2/c1-7-10-9-4-2-8(3-5-9)6-12(10)11(13)14-7/h7-10H,2-6H2,1H3/t7-,8?,9?,10+/m0/s1. The number of cyclic esters (lactones) is 1. The minimum absolute atomic E-state index is 0.0682. The van der Waals surface area contributed by atoms with E-state index in [1.165, 1.54) is 25.7 Å². The maximum atomic E-state index is 11.6. The number of fused-ring (bicyclic) bond motifs is 2. The Labute approximate surface area is 84.4 Å². The van der Waals surface area contributed by atoms with E-state index in [2.05, 4.69) is 0 Å². The summed E-state index contributed by atoms with van der Waals surface area (Å²) >= 11 is 0. The van der Waals surface area contributed by atoms with Crippen molar-refractivity contribution in [2.24, 2.45) is 11.8 Å². The van der Waals surface area contributed by atoms with Crippen LogP contribution in [0.25, 0.3) is 0 Å². The minimum Gasteiger partial charge on any atom is -0.444 e. The first-order valence-electron chi connectivity index (χ1n) is 5.73. The van der Waals surface area contributed by atoms with Gasteiger partial charge in [0.1, 0.15) is 6.10 Å². The Morgan fingerprint density at radius 3 is 2.71 bits per heavy atom. The van der Waals surface area contributed by atoms with E-state index in [4.69, 9.17) is 4.74 Å². The third-order valence-corrected chi connectivity index (χ3v) is 4.19. The zero-order chi connectivity index (χ0) is 9.71. The molecule has 3 heteroatoms. The molecule has 2 atom stereocenters. The molecule has 0 aromatic rings. The van der Waals surface area contributed by atoms with E-state index in [-0.39, 0.29) is 12.2 Å². The van der Waals surface area contributed by atoms with Crippen LogP contribution in [-0.4, -0.2) is 29.7 Å². The second-order valence-corrected chi connectivity index (χ2v) is 5.01. The number of rotatable bonds is 0. The molecule has 0 aromatic carbocycles. The Morgan fingerprint density at radius 2 is 2.00 bits per heavy atom. The maximum absolute atomic E-state index is 11.6. The zero-order valence-electron chi connectivity index (χ0n) is 8.61. The van der Waals surface area contributed by atoms with Gasteiger partial charge in [0.25, 0.3) is 0 Å². The van der Waals surface area contributed by atoms with Crippen LogP contribution >= 0.6 is 0 Å². The maximum Gasteiger partial charge on any atom is 0.410 e. The molecule has 0 aromatic heterocycles. The molecule has 3 aliphatic heterocycles. The van der Waals surface area contributed by atoms with Gasteiger partial charge in [-0.05, 0) is 44.4 Å². The third kappa shape index (κ3) is 1.07. The number of carbonyl (C=O) groups excluding carboxylic acids is 1. The molecule has 78 valence electrons. The van der Waals surface area contributed by atoms with Crippen molar-refractivity contribution in [2.45, 2.75) is 44.8 Å². The van der Waals surface area contributed by atoms with E-state index >= 15 is 0 Å². The Morgan fingerprint density at radius 1 is 1.29 bits per heavy atom. The molecule has 4 fully saturated rings. The van der Waals surface area contributed by atoms with Gasteiger partial charge < -0.3 is 9.64 Å². The van der Waals surface area contributed by atoms with Gasteiger partial charge in [0.15, 0.2) is 0 Å². The van der Waals surface area contributed by atoms with Crippen LogP contribution in [0, 0.1) is 11.8 Å². The Balaban J connectivity index is 1.93. The predicted octanol–water partition coefficient (Wildman–Crippen LogP) is 2.02. The monoisotopic (exact) mass is 195 g/mol. The highest BCUT2D eigenvalue weighted by Crippen LogP contribution is 2.41. The van der Waals surface area contributed by atoms with Crippen molar-refractivity contribution in [3.8, 4) is 0 Å². The second kappa shape index (κ2) is 2.88. The molecule has 0 radical (unpaired) electrons. The van der Waals surface area contributed by atoms with E-state index in [0.717, 1.165) is 12.5 Å². The number of hydrogen-bond acceptors (Lipinski definition) is 2. The molecular weight excluding hydrogens is 178 g/mol. The Bertz CT molecular complexity index is 258. The van der Waals surface area contributed by atoms with Crippen LogP contribution in [0.3, 0.4) is 0 Å². The van der Waals surface area contributed by atoms with Crippen LogP contribution in [0.15, 0.2) is 0 Å². The van der Waals surface area contributed by atoms with Crippen molar-refractivity contribution in [1.29, 1.82) is 0 Å². The lowest BCUT2D eigenvalue weighted by Crippen LogP contribution is -2.39. The summed E-state index contributed by atoms with van der Waals surface area (Å²) in [5.41, 5.74) is 0. The van der Waals surface area contributed by atoms with Crippen LogP contribution in [0.5, 0.6) is 0 Å². The largest absolute Gasteiger partial charge is 0.444 e. The molecule has 0 unspecified atom stereocenters. The lowest BCUT2D eigenvalue weighted by Gasteiger charge is -2.27. The van der Waals surface area contributed by atoms with Crippen LogP contribution in [-0.2, 0) is 4.74 Å². The lowest BCUT2D eigenvalue weighted by molar-refractivity contribution is 0.124. The van der Waals surface area contributed by atoms with Crippen molar-refractivity contribution in [2.75, 3.05) is 6.54 Å². The van der Waals surface area contributed by atoms with E-state index in [0.29, 0.717) is 12.0 Å². The molecule has 1 aliphatic carbocycles. The van der Waals surface area contributed by atoms with Gasteiger partial charge in [-0.3, -0.25) is 0 Å². The summed E-state index contributed by atoms with van der Waals surface area (Å²) in [6.45, 7) is 2.99. The topological polar surface area (TPSA) is 29.5 Å². The molecule has 0 spiro atoms. The summed E-state index contributed by atoms with van der Waals surface area (Å²) in [4.78, 5) is 13.6. The third-order valence-electron chi connectivity index (χ3n) is 4.19. The molecule has 4 aliphatic rings. The van der Waals surface area contributed by atoms with Crippen molar-refractivity contribution in [3.05, 3.63) is 0 Å². The molecule has 1 saturated carbocycles. The zero-order valence-corrected chi connectivity index (χ0v) is 8.61. The van der Waals surface area contributed by atoms with Gasteiger partial charge in [-0.15, -0.1) is 0 Å². The normalized spacial score (nSPS) is 46.1. The average molecular weight is 195 g/mol. The molecule has 14 heavy (non-hydrogen) atoms. The van der Waals surface area contributed by atoms with E-state index in [1.54, 1.807) is 0 Å². The fourth-order valence-corrected chi connectivity index (χ4v) is 3.50. The molecular formula is C11H17NO2. The molecule has 3 saturated heterocycles. The summed E-state index contributed by atoms with van der Waals surface area (Å²) in [6, 6.07) is 0.384. The fraction of sp³-hybridized carbons (Fsp3) is 0.909. The van der Waals surface area contributed by atoms with Gasteiger partial charge in [0.2, 0.25) is 0 Å². The van der Waals surface area contributed by atoms with Crippen molar-refractivity contribution in [3.63, 3.8) is 0 Å². The lowest BCUT2D eigenvalue weighted by atomic mass is 9.80. The van der Waals surface area contributed by atoms with Crippen molar-refractivity contribution >= 4 is 6.09 Å². The molecule has 3 nitrogen and oxygen atoms in total. The SMILES string of the molecule is C[C@@H]1OC(=O)N2CC3CCC(CC3)[C@@H]12. The average Bonchev–Trinajstić information content (AvgIpc) is 2.40.